The first kappa shape index (κ1) is 13.2. The summed E-state index contributed by atoms with van der Waals surface area (Å²) in [6.07, 6.45) is -0.190. The van der Waals surface area contributed by atoms with E-state index in [0.717, 1.165) is 11.1 Å². The molecular formula is C12H12FN3O3. The molecule has 1 aliphatic rings. The van der Waals surface area contributed by atoms with Crippen molar-refractivity contribution in [3.05, 3.63) is 35.6 Å². The summed E-state index contributed by atoms with van der Waals surface area (Å²) >= 11 is 0. The molecule has 6 nitrogen and oxygen atoms in total. The van der Waals surface area contributed by atoms with Crippen LogP contribution < -0.4 is 5.73 Å². The van der Waals surface area contributed by atoms with Crippen LogP contribution in [-0.4, -0.2) is 34.2 Å². The van der Waals surface area contributed by atoms with Crippen LogP contribution in [-0.2, 0) is 9.59 Å². The van der Waals surface area contributed by atoms with Gasteiger partial charge in [0.1, 0.15) is 11.9 Å². The molecule has 100 valence electrons. The maximum atomic E-state index is 13.5. The second kappa shape index (κ2) is 5.15. The van der Waals surface area contributed by atoms with E-state index in [1.807, 2.05) is 0 Å². The lowest BCUT2D eigenvalue weighted by atomic mass is 10.1. The lowest BCUT2D eigenvalue weighted by Gasteiger charge is -2.22. The number of halogens is 1. The minimum atomic E-state index is -1.72. The number of carbonyl (C=O) groups excluding carboxylic acids is 2. The van der Waals surface area contributed by atoms with Crippen molar-refractivity contribution in [3.8, 4) is 0 Å². The first-order valence-corrected chi connectivity index (χ1v) is 5.59. The lowest BCUT2D eigenvalue weighted by Crippen LogP contribution is -2.44. The van der Waals surface area contributed by atoms with E-state index in [1.54, 1.807) is 0 Å². The van der Waals surface area contributed by atoms with E-state index in [1.165, 1.54) is 24.4 Å². The third-order valence-electron chi connectivity index (χ3n) is 2.82. The molecule has 0 fully saturated rings. The highest BCUT2D eigenvalue weighted by Crippen LogP contribution is 2.22. The normalized spacial score (nSPS) is 19.5. The van der Waals surface area contributed by atoms with Crippen molar-refractivity contribution < 1.29 is 19.1 Å². The van der Waals surface area contributed by atoms with Gasteiger partial charge in [-0.3, -0.25) is 9.59 Å². The van der Waals surface area contributed by atoms with Crippen LogP contribution in [0.4, 0.5) is 4.39 Å². The number of carbonyl (C=O) groups is 2. The molecule has 3 N–H and O–H groups in total. The number of primary amides is 1. The predicted octanol–water partition coefficient (Wildman–Crippen LogP) is -0.0689. The van der Waals surface area contributed by atoms with Gasteiger partial charge in [-0.05, 0) is 6.07 Å². The van der Waals surface area contributed by atoms with Gasteiger partial charge >= 0.3 is 0 Å². The number of hydrogen-bond acceptors (Lipinski definition) is 4. The Kier molecular flexibility index (Phi) is 3.57. The summed E-state index contributed by atoms with van der Waals surface area (Å²) in [5.74, 6) is -2.32. The minimum absolute atomic E-state index is 0.169. The van der Waals surface area contributed by atoms with E-state index in [0.29, 0.717) is 0 Å². The van der Waals surface area contributed by atoms with Crippen LogP contribution >= 0.6 is 0 Å². The Balaban J connectivity index is 2.22. The second-order valence-corrected chi connectivity index (χ2v) is 4.06. The van der Waals surface area contributed by atoms with Crippen LogP contribution in [0.25, 0.3) is 0 Å². The molecule has 7 heteroatoms. The molecule has 2 unspecified atom stereocenters. The summed E-state index contributed by atoms with van der Waals surface area (Å²) in [7, 11) is 0. The third-order valence-corrected chi connectivity index (χ3v) is 2.82. The van der Waals surface area contributed by atoms with E-state index in [2.05, 4.69) is 5.10 Å². The Morgan fingerprint density at radius 1 is 1.47 bits per heavy atom. The molecule has 0 aromatic heterocycles. The number of benzene rings is 1. The third kappa shape index (κ3) is 2.45. The molecule has 0 spiro atoms. The Bertz CT molecular complexity index is 547. The molecule has 2 rings (SSSR count). The van der Waals surface area contributed by atoms with Crippen molar-refractivity contribution in [2.75, 3.05) is 0 Å². The summed E-state index contributed by atoms with van der Waals surface area (Å²) in [6, 6.07) is 4.42. The van der Waals surface area contributed by atoms with Crippen molar-refractivity contribution in [2.24, 2.45) is 10.8 Å². The van der Waals surface area contributed by atoms with Gasteiger partial charge in [-0.1, -0.05) is 18.2 Å². The van der Waals surface area contributed by atoms with Crippen LogP contribution in [0.2, 0.25) is 0 Å². The molecule has 0 saturated heterocycles. The first-order valence-electron chi connectivity index (χ1n) is 5.59. The van der Waals surface area contributed by atoms with Crippen LogP contribution in [0.15, 0.2) is 29.4 Å². The second-order valence-electron chi connectivity index (χ2n) is 4.06. The average molecular weight is 265 g/mol. The summed E-state index contributed by atoms with van der Waals surface area (Å²) in [6.45, 7) is 0. The van der Waals surface area contributed by atoms with Gasteiger partial charge in [-0.25, -0.2) is 9.40 Å². The number of amides is 2. The summed E-state index contributed by atoms with van der Waals surface area (Å²) in [4.78, 5) is 23.1. The fourth-order valence-corrected chi connectivity index (χ4v) is 1.82. The van der Waals surface area contributed by atoms with Gasteiger partial charge in [0.2, 0.25) is 5.91 Å². The molecule has 0 bridgehead atoms. The SMILES string of the molecule is NC(=O)C1CC=NN1C(=O)C(O)c1ccccc1F. The van der Waals surface area contributed by atoms with Crippen LogP contribution in [0.1, 0.15) is 18.1 Å². The number of aliphatic hydroxyl groups excluding tert-OH is 1. The van der Waals surface area contributed by atoms with Crippen molar-refractivity contribution >= 4 is 18.0 Å². The highest BCUT2D eigenvalue weighted by atomic mass is 19.1. The Morgan fingerprint density at radius 2 is 2.16 bits per heavy atom. The van der Waals surface area contributed by atoms with E-state index in [4.69, 9.17) is 5.73 Å². The van der Waals surface area contributed by atoms with Gasteiger partial charge in [0.15, 0.2) is 6.10 Å². The minimum Gasteiger partial charge on any atom is -0.378 e. The lowest BCUT2D eigenvalue weighted by molar-refractivity contribution is -0.146. The molecule has 19 heavy (non-hydrogen) atoms. The number of aliphatic hydroxyl groups is 1. The average Bonchev–Trinajstić information content (AvgIpc) is 2.87. The van der Waals surface area contributed by atoms with E-state index in [-0.39, 0.29) is 12.0 Å². The summed E-state index contributed by atoms with van der Waals surface area (Å²) < 4.78 is 13.5. The predicted molar refractivity (Wildman–Crippen MR) is 64.3 cm³/mol. The molecule has 2 atom stereocenters. The Labute approximate surface area is 108 Å². The van der Waals surface area contributed by atoms with Crippen molar-refractivity contribution in [1.29, 1.82) is 0 Å². The fraction of sp³-hybridized carbons (Fsp3) is 0.250. The molecule has 1 aromatic rings. The quantitative estimate of drug-likeness (QED) is 0.800. The van der Waals surface area contributed by atoms with Crippen LogP contribution in [0, 0.1) is 5.82 Å². The topological polar surface area (TPSA) is 96.0 Å². The van der Waals surface area contributed by atoms with Gasteiger partial charge in [0.05, 0.1) is 0 Å². The van der Waals surface area contributed by atoms with Gasteiger partial charge in [0.25, 0.3) is 5.91 Å². The highest BCUT2D eigenvalue weighted by Gasteiger charge is 2.35. The molecule has 1 aromatic carbocycles. The maximum Gasteiger partial charge on any atom is 0.276 e. The fourth-order valence-electron chi connectivity index (χ4n) is 1.82. The van der Waals surface area contributed by atoms with E-state index in [9.17, 15) is 19.1 Å². The number of hydrogen-bond donors (Lipinski definition) is 2. The van der Waals surface area contributed by atoms with E-state index < -0.39 is 29.8 Å². The van der Waals surface area contributed by atoms with Crippen LogP contribution in [0.5, 0.6) is 0 Å². The molecule has 2 amide bonds. The van der Waals surface area contributed by atoms with E-state index >= 15 is 0 Å². The first-order chi connectivity index (χ1) is 9.02. The largest absolute Gasteiger partial charge is 0.378 e. The van der Waals surface area contributed by atoms with Crippen molar-refractivity contribution in [2.45, 2.75) is 18.6 Å². The highest BCUT2D eigenvalue weighted by molar-refractivity contribution is 5.92. The zero-order valence-electron chi connectivity index (χ0n) is 9.86. The maximum absolute atomic E-state index is 13.5. The van der Waals surface area contributed by atoms with Gasteiger partial charge < -0.3 is 10.8 Å². The van der Waals surface area contributed by atoms with Crippen molar-refractivity contribution in [1.82, 2.24) is 5.01 Å². The molecule has 0 saturated carbocycles. The molecule has 1 aliphatic heterocycles. The number of nitrogens with zero attached hydrogens (tertiary/aromatic N) is 2. The number of hydrazone groups is 1. The smallest absolute Gasteiger partial charge is 0.276 e. The van der Waals surface area contributed by atoms with Gasteiger partial charge in [-0.15, -0.1) is 0 Å². The Morgan fingerprint density at radius 3 is 2.79 bits per heavy atom. The van der Waals surface area contributed by atoms with Gasteiger partial charge in [0, 0.05) is 18.2 Å². The van der Waals surface area contributed by atoms with Crippen LogP contribution in [0.3, 0.4) is 0 Å². The molecular weight excluding hydrogens is 253 g/mol. The Hall–Kier alpha value is -2.28. The number of rotatable bonds is 3. The monoisotopic (exact) mass is 265 g/mol. The zero-order chi connectivity index (χ0) is 14.0. The standard InChI is InChI=1S/C12H12FN3O3/c13-8-4-2-1-3-7(8)10(17)12(19)16-9(11(14)18)5-6-15-16/h1-4,6,9-10,17H,5H2,(H2,14,18). The molecule has 1 heterocycles. The summed E-state index contributed by atoms with van der Waals surface area (Å²) in [5, 5.41) is 14.4. The summed E-state index contributed by atoms with van der Waals surface area (Å²) in [5.41, 5.74) is 4.96. The van der Waals surface area contributed by atoms with Gasteiger partial charge in [-0.2, -0.15) is 5.10 Å². The zero-order valence-corrected chi connectivity index (χ0v) is 9.86. The number of nitrogens with two attached hydrogens (primary N) is 1. The molecule has 0 aliphatic carbocycles. The van der Waals surface area contributed by atoms with Crippen molar-refractivity contribution in [3.63, 3.8) is 0 Å². The molecule has 0 radical (unpaired) electrons.